The minimum absolute atomic E-state index is 0.0641. The molecule has 0 saturated heterocycles. The Hall–Kier alpha value is -2.18. The van der Waals surface area contributed by atoms with Crippen molar-refractivity contribution >= 4 is 15.4 Å². The van der Waals surface area contributed by atoms with Crippen LogP contribution in [0.3, 0.4) is 0 Å². The van der Waals surface area contributed by atoms with Gasteiger partial charge in [0, 0.05) is 29.7 Å². The van der Waals surface area contributed by atoms with Crippen LogP contribution in [0.5, 0.6) is 0 Å². The van der Waals surface area contributed by atoms with Gasteiger partial charge in [-0.15, -0.1) is 0 Å². The maximum absolute atomic E-state index is 12.4. The number of rotatable bonds is 7. The van der Waals surface area contributed by atoms with Crippen LogP contribution in [-0.4, -0.2) is 31.4 Å². The Morgan fingerprint density at radius 1 is 1.19 bits per heavy atom. The van der Waals surface area contributed by atoms with E-state index in [4.69, 9.17) is 5.11 Å². The summed E-state index contributed by atoms with van der Waals surface area (Å²) in [6, 6.07) is 10.4. The quantitative estimate of drug-likeness (QED) is 0.731. The van der Waals surface area contributed by atoms with E-state index < -0.39 is 9.84 Å². The molecule has 0 spiro atoms. The van der Waals surface area contributed by atoms with Gasteiger partial charge >= 0.3 is 0 Å². The second-order valence-corrected chi connectivity index (χ2v) is 8.73. The number of H-pyrrole nitrogens is 1. The number of allylic oxidation sites excluding steroid dienone is 1. The van der Waals surface area contributed by atoms with E-state index in [1.807, 2.05) is 18.2 Å². The number of aromatic nitrogens is 1. The van der Waals surface area contributed by atoms with Gasteiger partial charge in [-0.05, 0) is 55.4 Å². The van der Waals surface area contributed by atoms with Crippen molar-refractivity contribution in [3.05, 3.63) is 69.6 Å². The maximum atomic E-state index is 12.4. The summed E-state index contributed by atoms with van der Waals surface area (Å²) in [5.74, 6) is 0.378. The molecule has 0 radical (unpaired) electrons. The van der Waals surface area contributed by atoms with E-state index in [1.165, 1.54) is 6.26 Å². The van der Waals surface area contributed by atoms with Crippen molar-refractivity contribution in [2.75, 3.05) is 12.9 Å². The van der Waals surface area contributed by atoms with Crippen molar-refractivity contribution < 1.29 is 13.5 Å². The summed E-state index contributed by atoms with van der Waals surface area (Å²) < 4.78 is 23.3. The third-order valence-corrected chi connectivity index (χ3v) is 5.68. The second-order valence-electron chi connectivity index (χ2n) is 6.71. The molecule has 6 heteroatoms. The Labute approximate surface area is 153 Å². The topological polar surface area (TPSA) is 87.2 Å². The van der Waals surface area contributed by atoms with Crippen LogP contribution in [0.4, 0.5) is 0 Å². The lowest BCUT2D eigenvalue weighted by molar-refractivity contribution is 0.289. The van der Waals surface area contributed by atoms with Crippen LogP contribution in [0.25, 0.3) is 5.57 Å². The van der Waals surface area contributed by atoms with Crippen LogP contribution in [0.15, 0.2) is 52.2 Å². The number of benzene rings is 1. The summed E-state index contributed by atoms with van der Waals surface area (Å²) >= 11 is 0. The highest BCUT2D eigenvalue weighted by Gasteiger charge is 2.26. The van der Waals surface area contributed by atoms with E-state index in [2.05, 4.69) is 4.98 Å². The smallest absolute Gasteiger partial charge is 0.251 e. The SMILES string of the molecule is CS(=O)(=O)c1ccc(C(=CCCCO)c2ccc(C3CC3)c(=O)[nH]2)cc1. The van der Waals surface area contributed by atoms with Gasteiger partial charge in [0.2, 0.25) is 0 Å². The van der Waals surface area contributed by atoms with E-state index in [0.29, 0.717) is 24.5 Å². The lowest BCUT2D eigenvalue weighted by Crippen LogP contribution is -2.13. The molecule has 26 heavy (non-hydrogen) atoms. The molecule has 0 bridgehead atoms. The number of aromatic amines is 1. The fourth-order valence-electron chi connectivity index (χ4n) is 2.96. The molecule has 1 aromatic heterocycles. The molecule has 1 saturated carbocycles. The Kier molecular flexibility index (Phi) is 5.44. The first-order chi connectivity index (χ1) is 12.4. The Morgan fingerprint density at radius 2 is 1.88 bits per heavy atom. The Bertz CT molecular complexity index is 968. The van der Waals surface area contributed by atoms with Gasteiger partial charge < -0.3 is 10.1 Å². The van der Waals surface area contributed by atoms with Crippen LogP contribution in [0, 0.1) is 0 Å². The van der Waals surface area contributed by atoms with Crippen LogP contribution in [-0.2, 0) is 9.84 Å². The maximum Gasteiger partial charge on any atom is 0.251 e. The molecule has 0 unspecified atom stereocenters. The molecule has 1 aliphatic carbocycles. The predicted octanol–water partition coefficient (Wildman–Crippen LogP) is 2.86. The molecule has 1 aromatic carbocycles. The van der Waals surface area contributed by atoms with Gasteiger partial charge in [0.1, 0.15) is 0 Å². The van der Waals surface area contributed by atoms with Gasteiger partial charge in [0.15, 0.2) is 9.84 Å². The van der Waals surface area contributed by atoms with Gasteiger partial charge in [0.05, 0.1) is 4.90 Å². The monoisotopic (exact) mass is 373 g/mol. The zero-order valence-corrected chi connectivity index (χ0v) is 15.6. The summed E-state index contributed by atoms with van der Waals surface area (Å²) in [6.45, 7) is 0.0912. The zero-order chi connectivity index (χ0) is 18.7. The molecule has 0 atom stereocenters. The van der Waals surface area contributed by atoms with Gasteiger partial charge in [-0.3, -0.25) is 4.79 Å². The minimum atomic E-state index is -3.26. The molecule has 138 valence electrons. The number of hydrogen-bond acceptors (Lipinski definition) is 4. The highest BCUT2D eigenvalue weighted by molar-refractivity contribution is 7.90. The van der Waals surface area contributed by atoms with Gasteiger partial charge in [0.25, 0.3) is 5.56 Å². The van der Waals surface area contributed by atoms with Gasteiger partial charge in [-0.25, -0.2) is 8.42 Å². The average Bonchev–Trinajstić information content (AvgIpc) is 3.43. The third kappa shape index (κ3) is 4.31. The first-order valence-corrected chi connectivity index (χ1v) is 10.6. The first kappa shape index (κ1) is 18.6. The lowest BCUT2D eigenvalue weighted by Gasteiger charge is -2.10. The standard InChI is InChI=1S/C20H23NO4S/c1-26(24,25)16-9-7-14(8-10-16)17(4-2-3-13-22)19-12-11-18(15-5-6-15)20(23)21-19/h4,7-12,15,22H,2-3,5-6,13H2,1H3,(H,21,23). The number of hydrogen-bond donors (Lipinski definition) is 2. The molecule has 1 heterocycles. The molecule has 5 nitrogen and oxygen atoms in total. The number of sulfone groups is 1. The molecular weight excluding hydrogens is 350 g/mol. The van der Waals surface area contributed by atoms with E-state index in [1.54, 1.807) is 24.3 Å². The molecule has 1 aliphatic rings. The van der Waals surface area contributed by atoms with Crippen LogP contribution in [0.2, 0.25) is 0 Å². The molecule has 0 aliphatic heterocycles. The first-order valence-electron chi connectivity index (χ1n) is 8.75. The number of pyridine rings is 1. The van der Waals surface area contributed by atoms with E-state index >= 15 is 0 Å². The number of nitrogens with one attached hydrogen (secondary N) is 1. The van der Waals surface area contributed by atoms with E-state index in [9.17, 15) is 13.2 Å². The van der Waals surface area contributed by atoms with Crippen molar-refractivity contribution in [3.8, 4) is 0 Å². The van der Waals surface area contributed by atoms with Gasteiger partial charge in [-0.1, -0.05) is 24.3 Å². The summed E-state index contributed by atoms with van der Waals surface area (Å²) in [4.78, 5) is 15.6. The number of aliphatic hydroxyl groups excluding tert-OH is 1. The Balaban J connectivity index is 1.99. The van der Waals surface area contributed by atoms with E-state index in [-0.39, 0.29) is 17.1 Å². The summed E-state index contributed by atoms with van der Waals surface area (Å²) in [7, 11) is -3.26. The fraction of sp³-hybridized carbons (Fsp3) is 0.350. The van der Waals surface area contributed by atoms with Crippen molar-refractivity contribution in [1.29, 1.82) is 0 Å². The highest BCUT2D eigenvalue weighted by Crippen LogP contribution is 2.38. The zero-order valence-electron chi connectivity index (χ0n) is 14.7. The van der Waals surface area contributed by atoms with Crippen molar-refractivity contribution in [1.82, 2.24) is 4.98 Å². The third-order valence-electron chi connectivity index (χ3n) is 4.55. The largest absolute Gasteiger partial charge is 0.396 e. The van der Waals surface area contributed by atoms with Crippen molar-refractivity contribution in [2.24, 2.45) is 0 Å². The molecule has 1 fully saturated rings. The lowest BCUT2D eigenvalue weighted by atomic mass is 9.99. The number of aliphatic hydroxyl groups is 1. The molecular formula is C20H23NO4S. The fourth-order valence-corrected chi connectivity index (χ4v) is 3.59. The minimum Gasteiger partial charge on any atom is -0.396 e. The molecule has 0 amide bonds. The Morgan fingerprint density at radius 3 is 2.42 bits per heavy atom. The molecule has 2 N–H and O–H groups in total. The van der Waals surface area contributed by atoms with E-state index in [0.717, 1.165) is 29.5 Å². The van der Waals surface area contributed by atoms with Crippen molar-refractivity contribution in [2.45, 2.75) is 36.5 Å². The van der Waals surface area contributed by atoms with Crippen LogP contribution >= 0.6 is 0 Å². The van der Waals surface area contributed by atoms with Crippen LogP contribution < -0.4 is 5.56 Å². The molecule has 3 rings (SSSR count). The highest BCUT2D eigenvalue weighted by atomic mass is 32.2. The summed E-state index contributed by atoms with van der Waals surface area (Å²) in [5, 5.41) is 9.04. The second kappa shape index (κ2) is 7.60. The average molecular weight is 373 g/mol. The van der Waals surface area contributed by atoms with Crippen LogP contribution in [0.1, 0.15) is 48.4 Å². The normalized spacial score (nSPS) is 15.2. The predicted molar refractivity (Wildman–Crippen MR) is 102 cm³/mol. The molecule has 2 aromatic rings. The van der Waals surface area contributed by atoms with Crippen molar-refractivity contribution in [3.63, 3.8) is 0 Å². The number of unbranched alkanes of at least 4 members (excludes halogenated alkanes) is 1. The summed E-state index contributed by atoms with van der Waals surface area (Å²) in [6.07, 6.45) is 6.55. The van der Waals surface area contributed by atoms with Gasteiger partial charge in [-0.2, -0.15) is 0 Å². The summed E-state index contributed by atoms with van der Waals surface area (Å²) in [5.41, 5.74) is 3.12.